The first kappa shape index (κ1) is 17.2. The van der Waals surface area contributed by atoms with Crippen molar-refractivity contribution in [3.05, 3.63) is 71.1 Å². The Morgan fingerprint density at radius 2 is 1.50 bits per heavy atom. The van der Waals surface area contributed by atoms with Crippen molar-refractivity contribution in [2.45, 2.75) is 20.8 Å². The summed E-state index contributed by atoms with van der Waals surface area (Å²) in [6.07, 6.45) is 0. The molecule has 0 saturated heterocycles. The molecule has 0 aliphatic heterocycles. The number of allylic oxidation sites excluding steroid dienone is 1. The third-order valence-corrected chi connectivity index (χ3v) is 3.23. The number of hydrogen-bond acceptors (Lipinski definition) is 5. The highest BCUT2D eigenvalue weighted by Gasteiger charge is 2.12. The molecule has 0 spiro atoms. The Bertz CT molecular complexity index is 759. The van der Waals surface area contributed by atoms with Gasteiger partial charge in [0, 0.05) is 0 Å². The lowest BCUT2D eigenvalue weighted by atomic mass is 10.2. The molecule has 0 bridgehead atoms. The summed E-state index contributed by atoms with van der Waals surface area (Å²) in [6.45, 7) is 5.33. The molecule has 2 rings (SSSR count). The largest absolute Gasteiger partial charge is 0.510 e. The summed E-state index contributed by atoms with van der Waals surface area (Å²) in [4.78, 5) is 12.2. The van der Waals surface area contributed by atoms with Crippen LogP contribution < -0.4 is 10.9 Å². The number of carbonyl (C=O) groups excluding carboxylic acids is 1. The van der Waals surface area contributed by atoms with Gasteiger partial charge in [-0.3, -0.25) is 15.6 Å². The second kappa shape index (κ2) is 7.92. The smallest absolute Gasteiger partial charge is 0.293 e. The first-order chi connectivity index (χ1) is 11.5. The third kappa shape index (κ3) is 4.95. The lowest BCUT2D eigenvalue weighted by Gasteiger charge is -2.09. The molecular weight excluding hydrogens is 304 g/mol. The van der Waals surface area contributed by atoms with Crippen molar-refractivity contribution in [3.63, 3.8) is 0 Å². The van der Waals surface area contributed by atoms with E-state index in [1.165, 1.54) is 6.92 Å². The lowest BCUT2D eigenvalue weighted by Crippen LogP contribution is -2.30. The van der Waals surface area contributed by atoms with E-state index in [2.05, 4.69) is 21.1 Å². The summed E-state index contributed by atoms with van der Waals surface area (Å²) < 4.78 is 0. The third-order valence-electron chi connectivity index (χ3n) is 3.23. The average molecular weight is 324 g/mol. The molecule has 6 heteroatoms. The van der Waals surface area contributed by atoms with Gasteiger partial charge < -0.3 is 5.11 Å². The minimum atomic E-state index is -0.577. The zero-order valence-corrected chi connectivity index (χ0v) is 13.9. The second-order valence-electron chi connectivity index (χ2n) is 5.41. The number of rotatable bonds is 5. The predicted molar refractivity (Wildman–Crippen MR) is 94.0 cm³/mol. The summed E-state index contributed by atoms with van der Waals surface area (Å²) >= 11 is 0. The molecule has 0 aliphatic carbocycles. The van der Waals surface area contributed by atoms with Crippen LogP contribution in [0.15, 0.2) is 70.2 Å². The van der Waals surface area contributed by atoms with E-state index >= 15 is 0 Å². The maximum atomic E-state index is 12.2. The highest BCUT2D eigenvalue weighted by atomic mass is 16.3. The van der Waals surface area contributed by atoms with Gasteiger partial charge in [0.05, 0.1) is 11.4 Å². The molecule has 6 nitrogen and oxygen atoms in total. The van der Waals surface area contributed by atoms with Gasteiger partial charge in [-0.05, 0) is 45.0 Å². The summed E-state index contributed by atoms with van der Waals surface area (Å²) in [5, 5.41) is 17.5. The zero-order valence-electron chi connectivity index (χ0n) is 13.9. The zero-order chi connectivity index (χ0) is 17.5. The van der Waals surface area contributed by atoms with Crippen molar-refractivity contribution in [1.82, 2.24) is 5.43 Å². The van der Waals surface area contributed by atoms with Crippen molar-refractivity contribution in [2.24, 2.45) is 10.2 Å². The van der Waals surface area contributed by atoms with Gasteiger partial charge in [-0.2, -0.15) is 5.11 Å². The van der Waals surface area contributed by atoms with Crippen molar-refractivity contribution in [1.29, 1.82) is 0 Å². The lowest BCUT2D eigenvalue weighted by molar-refractivity contribution is -0.117. The molecule has 0 radical (unpaired) electrons. The standard InChI is InChI=1S/C18H20N4O2/c1-12-4-8-15(9-5-12)19-21-17(14(3)23)18(24)22-20-16-10-6-13(2)7-11-16/h4-11,20,23H,1-3H3,(H,22,24)/b17-14-,21-19?. The molecule has 124 valence electrons. The summed E-state index contributed by atoms with van der Waals surface area (Å²) in [5.41, 5.74) is 8.63. The molecule has 0 aromatic heterocycles. The minimum Gasteiger partial charge on any atom is -0.510 e. The van der Waals surface area contributed by atoms with E-state index in [1.54, 1.807) is 12.1 Å². The number of benzene rings is 2. The predicted octanol–water partition coefficient (Wildman–Crippen LogP) is 4.32. The fourth-order valence-corrected chi connectivity index (χ4v) is 1.83. The number of amides is 1. The van der Waals surface area contributed by atoms with Crippen LogP contribution in [-0.2, 0) is 4.79 Å². The number of anilines is 1. The van der Waals surface area contributed by atoms with Crippen LogP contribution in [-0.4, -0.2) is 11.0 Å². The molecule has 0 aliphatic rings. The number of hydrogen-bond donors (Lipinski definition) is 3. The van der Waals surface area contributed by atoms with Crippen LogP contribution in [0.5, 0.6) is 0 Å². The number of azo groups is 1. The van der Waals surface area contributed by atoms with Crippen LogP contribution >= 0.6 is 0 Å². The van der Waals surface area contributed by atoms with Crippen LogP contribution in [0.25, 0.3) is 0 Å². The van der Waals surface area contributed by atoms with Crippen LogP contribution in [0, 0.1) is 13.8 Å². The Kier molecular flexibility index (Phi) is 5.68. The van der Waals surface area contributed by atoms with E-state index in [1.807, 2.05) is 50.2 Å². The van der Waals surface area contributed by atoms with Gasteiger partial charge in [0.1, 0.15) is 5.76 Å². The van der Waals surface area contributed by atoms with E-state index < -0.39 is 5.91 Å². The topological polar surface area (TPSA) is 86.1 Å². The fraction of sp³-hybridized carbons (Fsp3) is 0.167. The maximum Gasteiger partial charge on any atom is 0.293 e. The highest BCUT2D eigenvalue weighted by Crippen LogP contribution is 2.15. The number of nitrogens with one attached hydrogen (secondary N) is 2. The van der Waals surface area contributed by atoms with Gasteiger partial charge in [-0.1, -0.05) is 35.4 Å². The molecule has 24 heavy (non-hydrogen) atoms. The summed E-state index contributed by atoms with van der Waals surface area (Å²) in [7, 11) is 0. The number of carbonyl (C=O) groups is 1. The number of nitrogens with zero attached hydrogens (tertiary/aromatic N) is 2. The van der Waals surface area contributed by atoms with Crippen LogP contribution in [0.3, 0.4) is 0 Å². The van der Waals surface area contributed by atoms with Gasteiger partial charge in [0.25, 0.3) is 5.91 Å². The Balaban J connectivity index is 2.04. The second-order valence-corrected chi connectivity index (χ2v) is 5.41. The summed E-state index contributed by atoms with van der Waals surface area (Å²) in [6, 6.07) is 14.8. The SMILES string of the molecule is C/C(O)=C(/N=Nc1ccc(C)cc1)C(=O)NNc1ccc(C)cc1. The van der Waals surface area contributed by atoms with Crippen LogP contribution in [0.4, 0.5) is 11.4 Å². The van der Waals surface area contributed by atoms with E-state index in [0.717, 1.165) is 16.8 Å². The highest BCUT2D eigenvalue weighted by molar-refractivity contribution is 5.94. The van der Waals surface area contributed by atoms with E-state index in [4.69, 9.17) is 0 Å². The maximum absolute atomic E-state index is 12.2. The molecule has 0 fully saturated rings. The first-order valence-electron chi connectivity index (χ1n) is 7.47. The first-order valence-corrected chi connectivity index (χ1v) is 7.47. The van der Waals surface area contributed by atoms with Gasteiger partial charge >= 0.3 is 0 Å². The number of aliphatic hydroxyl groups is 1. The summed E-state index contributed by atoms with van der Waals surface area (Å²) in [5.74, 6) is -0.791. The normalized spacial score (nSPS) is 12.0. The quantitative estimate of drug-likeness (QED) is 0.331. The van der Waals surface area contributed by atoms with Crippen LogP contribution in [0.2, 0.25) is 0 Å². The van der Waals surface area contributed by atoms with E-state index in [0.29, 0.717) is 5.69 Å². The molecule has 3 N–H and O–H groups in total. The van der Waals surface area contributed by atoms with Crippen molar-refractivity contribution < 1.29 is 9.90 Å². The van der Waals surface area contributed by atoms with Gasteiger partial charge in [0.15, 0.2) is 5.70 Å². The Labute approximate surface area is 140 Å². The van der Waals surface area contributed by atoms with E-state index in [-0.39, 0.29) is 11.5 Å². The Morgan fingerprint density at radius 1 is 0.958 bits per heavy atom. The Hall–Kier alpha value is -3.15. The average Bonchev–Trinajstić information content (AvgIpc) is 2.56. The molecule has 0 saturated carbocycles. The van der Waals surface area contributed by atoms with Gasteiger partial charge in [-0.15, -0.1) is 5.11 Å². The monoisotopic (exact) mass is 324 g/mol. The van der Waals surface area contributed by atoms with Gasteiger partial charge in [0.2, 0.25) is 0 Å². The molecule has 2 aromatic carbocycles. The van der Waals surface area contributed by atoms with Crippen molar-refractivity contribution in [2.75, 3.05) is 5.43 Å². The molecule has 0 unspecified atom stereocenters. The molecule has 0 atom stereocenters. The van der Waals surface area contributed by atoms with Crippen molar-refractivity contribution >= 4 is 17.3 Å². The molecular formula is C18H20N4O2. The molecule has 2 aromatic rings. The van der Waals surface area contributed by atoms with Crippen molar-refractivity contribution in [3.8, 4) is 0 Å². The number of hydrazine groups is 1. The molecule has 0 heterocycles. The fourth-order valence-electron chi connectivity index (χ4n) is 1.83. The van der Waals surface area contributed by atoms with E-state index in [9.17, 15) is 9.90 Å². The number of aryl methyl sites for hydroxylation is 2. The van der Waals surface area contributed by atoms with Gasteiger partial charge in [-0.25, -0.2) is 0 Å². The number of aliphatic hydroxyl groups excluding tert-OH is 1. The minimum absolute atomic E-state index is 0.157. The van der Waals surface area contributed by atoms with Crippen LogP contribution in [0.1, 0.15) is 18.1 Å². The Morgan fingerprint density at radius 3 is 2.04 bits per heavy atom. The molecule has 1 amide bonds.